The molecular formula is C61H46CoN4O2. The molecule has 1 heterocycles. The Hall–Kier alpha value is -8.10. The molecule has 0 saturated carbocycles. The van der Waals surface area contributed by atoms with Crippen LogP contribution >= 0.6 is 0 Å². The number of benzene rings is 10. The van der Waals surface area contributed by atoms with Gasteiger partial charge in [-0.05, 0) is 77.5 Å². The Kier molecular flexibility index (Phi) is 12.2. The number of aliphatic imine (C=N–C) groups is 2. The van der Waals surface area contributed by atoms with Gasteiger partial charge in [-0.1, -0.05) is 182 Å². The smallest absolute Gasteiger partial charge is 0.132 e. The van der Waals surface area contributed by atoms with Gasteiger partial charge in [-0.25, -0.2) is 4.98 Å². The summed E-state index contributed by atoms with van der Waals surface area (Å²) in [5.74, 6) is 0.325. The Balaban J connectivity index is 0.00000539. The van der Waals surface area contributed by atoms with Crippen molar-refractivity contribution in [1.29, 1.82) is 0 Å². The van der Waals surface area contributed by atoms with Gasteiger partial charge in [0.2, 0.25) is 0 Å². The topological polar surface area (TPSA) is 83.0 Å². The van der Waals surface area contributed by atoms with Crippen LogP contribution in [0.4, 0.5) is 0 Å². The zero-order valence-electron chi connectivity index (χ0n) is 37.3. The summed E-state index contributed by atoms with van der Waals surface area (Å²) in [6.07, 6.45) is 7.87. The van der Waals surface area contributed by atoms with Crippen molar-refractivity contribution in [2.45, 2.75) is 12.5 Å². The number of aromatic hydroxyl groups is 2. The molecule has 11 aromatic rings. The molecule has 0 bridgehead atoms. The second-order valence-corrected chi connectivity index (χ2v) is 17.1. The first kappa shape index (κ1) is 43.8. The molecule has 1 radical (unpaired) electrons. The zero-order valence-corrected chi connectivity index (χ0v) is 38.3. The van der Waals surface area contributed by atoms with Crippen molar-refractivity contribution in [2.24, 2.45) is 17.0 Å². The van der Waals surface area contributed by atoms with E-state index in [1.807, 2.05) is 103 Å². The van der Waals surface area contributed by atoms with Crippen LogP contribution in [0.2, 0.25) is 0 Å². The van der Waals surface area contributed by atoms with Crippen molar-refractivity contribution < 1.29 is 27.0 Å². The monoisotopic (exact) mass is 925 g/mol. The standard InChI is InChI=1S/C61H46N4O2.Co/c1-65-38-49(64-39-65)34-48(63-36-47-33-45-23-11-15-27-53(45)59(61(47)67)57-51-25-13-9-21-43(51)29-31-55(57)41-18-6-3-7-19-41)37-62-35-46-32-44-22-10-14-26-52(44)58(60(46)66)56-50-24-12-8-20-42(50)28-30-54(56)40-16-4-2-5-17-40;/h2-33,35-36,38-39,48,66-67H,34,37H2,1H3;/t48-;/m0./s1. The van der Waals surface area contributed by atoms with Gasteiger partial charge < -0.3 is 14.8 Å². The van der Waals surface area contributed by atoms with Crippen LogP contribution in [0.3, 0.4) is 0 Å². The third kappa shape index (κ3) is 8.34. The van der Waals surface area contributed by atoms with Gasteiger partial charge in [-0.15, -0.1) is 0 Å². The molecule has 0 aliphatic rings. The number of imidazole rings is 1. The van der Waals surface area contributed by atoms with E-state index in [1.54, 1.807) is 18.8 Å². The predicted molar refractivity (Wildman–Crippen MR) is 279 cm³/mol. The van der Waals surface area contributed by atoms with Crippen molar-refractivity contribution in [3.05, 3.63) is 223 Å². The fourth-order valence-electron chi connectivity index (χ4n) is 9.65. The number of hydrogen-bond donors (Lipinski definition) is 2. The summed E-state index contributed by atoms with van der Waals surface area (Å²) < 4.78 is 1.93. The first-order valence-electron chi connectivity index (χ1n) is 22.6. The van der Waals surface area contributed by atoms with E-state index in [0.717, 1.165) is 93.3 Å². The molecule has 0 fully saturated rings. The van der Waals surface area contributed by atoms with Crippen LogP contribution in [0, 0.1) is 0 Å². The third-order valence-electron chi connectivity index (χ3n) is 12.8. The summed E-state index contributed by atoms with van der Waals surface area (Å²) in [4.78, 5) is 14.9. The number of phenolic OH excluding ortho intramolecular Hbond substituents is 2. The SMILES string of the molecule is Cn1cnc(C[C@@H](CN=Cc2cc3ccccc3c(-c3c(-c4ccccc4)ccc4ccccc34)c2O)N=Cc2cc3ccccc3c(-c3c(-c4ccccc4)ccc4ccccc34)c2O)c1.[Co]. The first-order valence-corrected chi connectivity index (χ1v) is 22.6. The number of hydrogen-bond acceptors (Lipinski definition) is 5. The Morgan fingerprint density at radius 1 is 0.500 bits per heavy atom. The molecule has 1 aromatic heterocycles. The van der Waals surface area contributed by atoms with E-state index in [2.05, 4.69) is 114 Å². The fraction of sp³-hybridized carbons (Fsp3) is 0.0656. The minimum Gasteiger partial charge on any atom is -0.507 e. The van der Waals surface area contributed by atoms with Crippen LogP contribution in [0.5, 0.6) is 11.5 Å². The van der Waals surface area contributed by atoms with E-state index in [9.17, 15) is 10.2 Å². The van der Waals surface area contributed by atoms with Crippen LogP contribution < -0.4 is 0 Å². The molecule has 11 rings (SSSR count). The van der Waals surface area contributed by atoms with E-state index in [4.69, 9.17) is 9.98 Å². The number of phenols is 2. The Bertz CT molecular complexity index is 3690. The molecule has 7 heteroatoms. The normalized spacial score (nSPS) is 12.1. The van der Waals surface area contributed by atoms with Crippen LogP contribution in [0.15, 0.2) is 217 Å². The molecule has 0 spiro atoms. The largest absolute Gasteiger partial charge is 0.507 e. The van der Waals surface area contributed by atoms with Crippen LogP contribution in [0.25, 0.3) is 87.6 Å². The molecule has 0 amide bonds. The summed E-state index contributed by atoms with van der Waals surface area (Å²) >= 11 is 0. The van der Waals surface area contributed by atoms with Gasteiger partial charge in [0.1, 0.15) is 11.5 Å². The van der Waals surface area contributed by atoms with E-state index in [-0.39, 0.29) is 34.3 Å². The van der Waals surface area contributed by atoms with Crippen molar-refractivity contribution in [3.8, 4) is 56.0 Å². The molecule has 1 atom stereocenters. The Morgan fingerprint density at radius 2 is 0.926 bits per heavy atom. The minimum absolute atomic E-state index is 0. The van der Waals surface area contributed by atoms with Crippen molar-refractivity contribution in [1.82, 2.24) is 9.55 Å². The predicted octanol–water partition coefficient (Wildman–Crippen LogP) is 14.3. The molecule has 0 aliphatic heterocycles. The van der Waals surface area contributed by atoms with E-state index in [0.29, 0.717) is 24.1 Å². The summed E-state index contributed by atoms with van der Waals surface area (Å²) in [6, 6.07) is 66.1. The molecule has 331 valence electrons. The van der Waals surface area contributed by atoms with Crippen molar-refractivity contribution in [3.63, 3.8) is 0 Å². The van der Waals surface area contributed by atoms with Gasteiger partial charge >= 0.3 is 0 Å². The van der Waals surface area contributed by atoms with Gasteiger partial charge in [-0.2, -0.15) is 0 Å². The second-order valence-electron chi connectivity index (χ2n) is 17.1. The summed E-state index contributed by atoms with van der Waals surface area (Å²) in [5.41, 5.74) is 9.78. The molecular weight excluding hydrogens is 880 g/mol. The van der Waals surface area contributed by atoms with Gasteiger partial charge in [0, 0.05) is 82.3 Å². The molecule has 68 heavy (non-hydrogen) atoms. The van der Waals surface area contributed by atoms with Crippen LogP contribution in [-0.2, 0) is 30.2 Å². The van der Waals surface area contributed by atoms with E-state index in [1.165, 1.54) is 0 Å². The summed E-state index contributed by atoms with van der Waals surface area (Å²) in [5, 5.41) is 33.2. The summed E-state index contributed by atoms with van der Waals surface area (Å²) in [7, 11) is 1.96. The Labute approximate surface area is 405 Å². The van der Waals surface area contributed by atoms with Crippen molar-refractivity contribution >= 4 is 55.5 Å². The van der Waals surface area contributed by atoms with Crippen LogP contribution in [-0.4, -0.2) is 44.8 Å². The van der Waals surface area contributed by atoms with E-state index < -0.39 is 0 Å². The van der Waals surface area contributed by atoms with Crippen molar-refractivity contribution in [2.75, 3.05) is 6.54 Å². The zero-order chi connectivity index (χ0) is 45.3. The Morgan fingerprint density at radius 3 is 1.40 bits per heavy atom. The number of aryl methyl sites for hydroxylation is 1. The third-order valence-corrected chi connectivity index (χ3v) is 12.8. The maximum Gasteiger partial charge on any atom is 0.132 e. The quantitative estimate of drug-likeness (QED) is 0.127. The maximum atomic E-state index is 12.5. The molecule has 2 N–H and O–H groups in total. The first-order chi connectivity index (χ1) is 33.0. The second kappa shape index (κ2) is 19.0. The average Bonchev–Trinajstić information content (AvgIpc) is 3.79. The average molecular weight is 926 g/mol. The molecule has 0 saturated heterocycles. The van der Waals surface area contributed by atoms with Gasteiger partial charge in [0.05, 0.1) is 24.6 Å². The molecule has 0 unspecified atom stereocenters. The van der Waals surface area contributed by atoms with Gasteiger partial charge in [-0.3, -0.25) is 9.98 Å². The molecule has 10 aromatic carbocycles. The summed E-state index contributed by atoms with van der Waals surface area (Å²) in [6.45, 7) is 0.306. The van der Waals surface area contributed by atoms with Gasteiger partial charge in [0.15, 0.2) is 0 Å². The number of nitrogens with zero attached hydrogens (tertiary/aromatic N) is 4. The number of fused-ring (bicyclic) bond motifs is 4. The van der Waals surface area contributed by atoms with E-state index >= 15 is 0 Å². The minimum atomic E-state index is -0.345. The number of rotatable bonds is 11. The molecule has 6 nitrogen and oxygen atoms in total. The molecule has 0 aliphatic carbocycles. The maximum absolute atomic E-state index is 12.5. The number of aromatic nitrogens is 2. The fourth-order valence-corrected chi connectivity index (χ4v) is 9.65. The van der Waals surface area contributed by atoms with Crippen LogP contribution in [0.1, 0.15) is 16.8 Å². The van der Waals surface area contributed by atoms with Gasteiger partial charge in [0.25, 0.3) is 0 Å².